The van der Waals surface area contributed by atoms with Crippen LogP contribution in [-0.4, -0.2) is 31.9 Å². The number of aliphatic hydroxyl groups excluding tert-OH is 1. The van der Waals surface area contributed by atoms with Crippen LogP contribution in [0.4, 0.5) is 0 Å². The van der Waals surface area contributed by atoms with Crippen LogP contribution in [0.1, 0.15) is 126 Å². The van der Waals surface area contributed by atoms with E-state index in [1.54, 1.807) is 0 Å². The number of ether oxygens (including phenoxy) is 1. The Morgan fingerprint density at radius 3 is 1.98 bits per heavy atom. The summed E-state index contributed by atoms with van der Waals surface area (Å²) >= 11 is 0. The van der Waals surface area contributed by atoms with Gasteiger partial charge in [0.15, 0.2) is 6.29 Å². The van der Waals surface area contributed by atoms with Crippen molar-refractivity contribution in [2.24, 2.45) is 58.2 Å². The average molecular weight is 685 g/mol. The number of rotatable bonds is 7. The molecule has 7 rings (SSSR count). The van der Waals surface area contributed by atoms with Crippen molar-refractivity contribution in [2.45, 2.75) is 150 Å². The maximum Gasteiger partial charge on any atom is 0.261 e. The van der Waals surface area contributed by atoms with Crippen LogP contribution >= 0.6 is 0 Å². The van der Waals surface area contributed by atoms with Crippen LogP contribution in [-0.2, 0) is 9.16 Å². The van der Waals surface area contributed by atoms with Crippen LogP contribution in [0.5, 0.6) is 0 Å². The van der Waals surface area contributed by atoms with Gasteiger partial charge in [0, 0.05) is 12.5 Å². The van der Waals surface area contributed by atoms with Crippen LogP contribution in [0.25, 0.3) is 0 Å². The van der Waals surface area contributed by atoms with Gasteiger partial charge in [-0.1, -0.05) is 116 Å². The van der Waals surface area contributed by atoms with Gasteiger partial charge in [-0.3, -0.25) is 0 Å². The van der Waals surface area contributed by atoms with Crippen LogP contribution in [0.2, 0.25) is 5.04 Å². The molecule has 4 aliphatic carbocycles. The fourth-order valence-corrected chi connectivity index (χ4v) is 18.0. The third-order valence-electron chi connectivity index (χ3n) is 16.0. The Morgan fingerprint density at radius 1 is 0.755 bits per heavy atom. The number of hydrogen-bond acceptors (Lipinski definition) is 3. The molecule has 5 aliphatic rings. The molecule has 1 saturated heterocycles. The molecule has 4 saturated carbocycles. The first-order chi connectivity index (χ1) is 23.3. The van der Waals surface area contributed by atoms with E-state index in [9.17, 15) is 5.11 Å². The Balaban J connectivity index is 1.08. The lowest BCUT2D eigenvalue weighted by atomic mass is 9.44. The molecule has 12 atom stereocenters. The summed E-state index contributed by atoms with van der Waals surface area (Å²) in [5, 5.41) is 13.5. The Bertz CT molecular complexity index is 1360. The van der Waals surface area contributed by atoms with Gasteiger partial charge in [-0.15, -0.1) is 0 Å². The zero-order valence-corrected chi connectivity index (χ0v) is 33.2. The minimum Gasteiger partial charge on any atom is -0.404 e. The van der Waals surface area contributed by atoms with E-state index in [1.807, 2.05) is 0 Å². The molecule has 1 unspecified atom stereocenters. The summed E-state index contributed by atoms with van der Waals surface area (Å²) in [6.07, 6.45) is 13.9. The minimum atomic E-state index is -2.55. The third-order valence-corrected chi connectivity index (χ3v) is 21.1. The van der Waals surface area contributed by atoms with Crippen molar-refractivity contribution < 1.29 is 14.3 Å². The summed E-state index contributed by atoms with van der Waals surface area (Å²) in [5.41, 5.74) is 0.840. The summed E-state index contributed by atoms with van der Waals surface area (Å²) in [7, 11) is -2.55. The second kappa shape index (κ2) is 13.5. The van der Waals surface area contributed by atoms with Crippen molar-refractivity contribution in [2.75, 3.05) is 0 Å². The van der Waals surface area contributed by atoms with Crippen LogP contribution in [0.3, 0.4) is 0 Å². The van der Waals surface area contributed by atoms with Gasteiger partial charge in [0.1, 0.15) is 0 Å². The smallest absolute Gasteiger partial charge is 0.261 e. The first kappa shape index (κ1) is 35.9. The lowest BCUT2D eigenvalue weighted by Crippen LogP contribution is -2.68. The average Bonchev–Trinajstić information content (AvgIpc) is 3.44. The third kappa shape index (κ3) is 6.15. The normalized spacial score (nSPS) is 40.3. The quantitative estimate of drug-likeness (QED) is 0.295. The van der Waals surface area contributed by atoms with Crippen LogP contribution in [0.15, 0.2) is 60.7 Å². The summed E-state index contributed by atoms with van der Waals surface area (Å²) in [4.78, 5) is 0. The Labute approximate surface area is 300 Å². The van der Waals surface area contributed by atoms with E-state index in [4.69, 9.17) is 9.16 Å². The van der Waals surface area contributed by atoms with E-state index in [2.05, 4.69) is 116 Å². The van der Waals surface area contributed by atoms with E-state index in [-0.39, 0.29) is 11.1 Å². The first-order valence-corrected chi connectivity index (χ1v) is 22.3. The highest BCUT2D eigenvalue weighted by Gasteiger charge is 2.62. The number of benzene rings is 2. The molecule has 0 aromatic heterocycles. The van der Waals surface area contributed by atoms with Gasteiger partial charge in [0.25, 0.3) is 8.32 Å². The van der Waals surface area contributed by atoms with Gasteiger partial charge in [0.05, 0.1) is 6.10 Å². The predicted octanol–water partition coefficient (Wildman–Crippen LogP) is 10.00. The second-order valence-electron chi connectivity index (χ2n) is 19.5. The Morgan fingerprint density at radius 2 is 1.37 bits per heavy atom. The van der Waals surface area contributed by atoms with E-state index < -0.39 is 14.6 Å². The van der Waals surface area contributed by atoms with Crippen molar-refractivity contribution >= 4 is 18.7 Å². The second-order valence-corrected chi connectivity index (χ2v) is 23.8. The zero-order chi connectivity index (χ0) is 34.8. The molecule has 1 aliphatic heterocycles. The molecule has 2 aromatic carbocycles. The maximum absolute atomic E-state index is 10.7. The van der Waals surface area contributed by atoms with Crippen molar-refractivity contribution in [3.63, 3.8) is 0 Å². The molecule has 0 bridgehead atoms. The van der Waals surface area contributed by atoms with Gasteiger partial charge in [-0.05, 0) is 138 Å². The Kier molecular flexibility index (Phi) is 9.90. The molecule has 49 heavy (non-hydrogen) atoms. The fourth-order valence-electron chi connectivity index (χ4n) is 13.3. The lowest BCUT2D eigenvalue weighted by Gasteiger charge is -2.62. The molecule has 270 valence electrons. The monoisotopic (exact) mass is 684 g/mol. The topological polar surface area (TPSA) is 38.7 Å². The molecular weight excluding hydrogens is 617 g/mol. The first-order valence-electron chi connectivity index (χ1n) is 20.4. The van der Waals surface area contributed by atoms with Gasteiger partial charge in [-0.25, -0.2) is 0 Å². The van der Waals surface area contributed by atoms with Crippen molar-refractivity contribution in [1.29, 1.82) is 0 Å². The molecule has 0 amide bonds. The summed E-state index contributed by atoms with van der Waals surface area (Å²) in [5.74, 6) is 5.73. The van der Waals surface area contributed by atoms with Gasteiger partial charge < -0.3 is 14.3 Å². The predicted molar refractivity (Wildman–Crippen MR) is 205 cm³/mol. The molecule has 3 nitrogen and oxygen atoms in total. The fraction of sp³-hybridized carbons (Fsp3) is 0.733. The van der Waals surface area contributed by atoms with Crippen molar-refractivity contribution in [1.82, 2.24) is 0 Å². The maximum atomic E-state index is 10.7. The molecular formula is C45H68O3Si. The molecule has 5 fully saturated rings. The number of aliphatic hydroxyl groups is 1. The molecule has 1 heterocycles. The Hall–Kier alpha value is -1.46. The SMILES string of the molecule is CC(C)[C@@H]1CC(O)O[C@@H]([C@@H](C)[C@H]2CC[C@H]3[C@@H]4CC[C@H]5C[C@@H](O[Si](c6ccccc6)(c6ccccc6)C(C)(C)C)CC[C@]5(C)[C@H]4CC[C@]23C)C1. The van der Waals surface area contributed by atoms with Crippen molar-refractivity contribution in [3.05, 3.63) is 60.7 Å². The largest absolute Gasteiger partial charge is 0.404 e. The van der Waals surface area contributed by atoms with Gasteiger partial charge >= 0.3 is 0 Å². The van der Waals surface area contributed by atoms with Crippen molar-refractivity contribution in [3.8, 4) is 0 Å². The molecule has 0 spiro atoms. The van der Waals surface area contributed by atoms with Crippen LogP contribution < -0.4 is 10.4 Å². The summed E-state index contributed by atoms with van der Waals surface area (Å²) < 4.78 is 14.1. The highest BCUT2D eigenvalue weighted by molar-refractivity contribution is 6.99. The standard InChI is InChI=1S/C45H68O3Si/c1-30(2)32-27-41(47-42(46)28-32)31(3)38-21-22-39-37-20-19-33-29-34(23-25-44(33,7)40(37)24-26-45(38,39)8)48-49(43(4,5)6,35-15-11-9-12-16-35)36-17-13-10-14-18-36/h9-18,30-34,37-42,46H,19-29H2,1-8H3/t31-,32-,33-,34-,37-,38+,39-,40-,41+,42?,44-,45+/m0/s1. The minimum absolute atomic E-state index is 0.0224. The highest BCUT2D eigenvalue weighted by atomic mass is 28.4. The van der Waals surface area contributed by atoms with E-state index in [1.165, 1.54) is 68.2 Å². The number of fused-ring (bicyclic) bond motifs is 5. The summed E-state index contributed by atoms with van der Waals surface area (Å²) in [6.45, 7) is 19.8. The molecule has 0 radical (unpaired) electrons. The van der Waals surface area contributed by atoms with Gasteiger partial charge in [-0.2, -0.15) is 0 Å². The van der Waals surface area contributed by atoms with E-state index in [0.717, 1.165) is 36.5 Å². The highest BCUT2D eigenvalue weighted by Crippen LogP contribution is 2.69. The molecule has 1 N–H and O–H groups in total. The lowest BCUT2D eigenvalue weighted by molar-refractivity contribution is -0.205. The number of hydrogen-bond donors (Lipinski definition) is 1. The van der Waals surface area contributed by atoms with E-state index in [0.29, 0.717) is 40.6 Å². The van der Waals surface area contributed by atoms with E-state index >= 15 is 0 Å². The van der Waals surface area contributed by atoms with Crippen LogP contribution in [0, 0.1) is 58.2 Å². The van der Waals surface area contributed by atoms with Gasteiger partial charge in [0.2, 0.25) is 0 Å². The molecule has 2 aromatic rings. The molecule has 4 heteroatoms. The zero-order valence-electron chi connectivity index (χ0n) is 32.2. The summed E-state index contributed by atoms with van der Waals surface area (Å²) in [6, 6.07) is 22.6.